The van der Waals surface area contributed by atoms with Crippen LogP contribution >= 0.6 is 23.2 Å². The molecule has 1 rings (SSSR count). The molecule has 0 aliphatic rings. The first-order valence-corrected chi connectivity index (χ1v) is 7.74. The third kappa shape index (κ3) is 5.53. The zero-order chi connectivity index (χ0) is 15.3. The van der Waals surface area contributed by atoms with Crippen LogP contribution in [0.1, 0.15) is 18.6 Å². The van der Waals surface area contributed by atoms with Crippen LogP contribution in [0.2, 0.25) is 10.0 Å². The largest absolute Gasteiger partial charge is 0.359 e. The molecule has 0 saturated heterocycles. The topological polar surface area (TPSA) is 87.8 Å². The SMILES string of the molecule is COCO[C@H](c1cc(Cl)ccc1Cl)[C@@H](C)OS(N)(=O)=O. The van der Waals surface area contributed by atoms with E-state index in [9.17, 15) is 8.42 Å². The average molecular weight is 344 g/mol. The van der Waals surface area contributed by atoms with Crippen LogP contribution in [0, 0.1) is 0 Å². The Morgan fingerprint density at radius 1 is 1.35 bits per heavy atom. The van der Waals surface area contributed by atoms with Crippen molar-refractivity contribution in [2.75, 3.05) is 13.9 Å². The number of halogens is 2. The van der Waals surface area contributed by atoms with Gasteiger partial charge < -0.3 is 9.47 Å². The van der Waals surface area contributed by atoms with Crippen molar-refractivity contribution in [2.24, 2.45) is 5.14 Å². The Hall–Kier alpha value is -0.410. The lowest BCUT2D eigenvalue weighted by Gasteiger charge is -2.24. The number of rotatable bonds is 7. The lowest BCUT2D eigenvalue weighted by Crippen LogP contribution is -2.29. The van der Waals surface area contributed by atoms with Crippen LogP contribution in [0.5, 0.6) is 0 Å². The number of ether oxygens (including phenoxy) is 2. The predicted octanol–water partition coefficient (Wildman–Crippen LogP) is 2.26. The molecule has 20 heavy (non-hydrogen) atoms. The highest BCUT2D eigenvalue weighted by Crippen LogP contribution is 2.32. The maximum absolute atomic E-state index is 11.0. The monoisotopic (exact) mass is 343 g/mol. The Bertz CT molecular complexity index is 552. The van der Waals surface area contributed by atoms with Crippen molar-refractivity contribution in [3.8, 4) is 0 Å². The zero-order valence-corrected chi connectivity index (χ0v) is 13.2. The first kappa shape index (κ1) is 17.6. The lowest BCUT2D eigenvalue weighted by molar-refractivity contribution is -0.104. The van der Waals surface area contributed by atoms with Crippen LogP contribution in [0.3, 0.4) is 0 Å². The second-order valence-electron chi connectivity index (χ2n) is 3.95. The van der Waals surface area contributed by atoms with E-state index < -0.39 is 22.5 Å². The zero-order valence-electron chi connectivity index (χ0n) is 10.9. The summed E-state index contributed by atoms with van der Waals surface area (Å²) in [4.78, 5) is 0. The fourth-order valence-corrected chi connectivity index (χ4v) is 2.54. The summed E-state index contributed by atoms with van der Waals surface area (Å²) in [5.74, 6) is 0. The maximum atomic E-state index is 11.0. The fourth-order valence-electron chi connectivity index (χ4n) is 1.61. The van der Waals surface area contributed by atoms with Crippen LogP contribution < -0.4 is 5.14 Å². The van der Waals surface area contributed by atoms with Gasteiger partial charge in [0.1, 0.15) is 19.0 Å². The van der Waals surface area contributed by atoms with Gasteiger partial charge in [-0.15, -0.1) is 0 Å². The smallest absolute Gasteiger partial charge is 0.333 e. The van der Waals surface area contributed by atoms with E-state index in [0.29, 0.717) is 15.6 Å². The Morgan fingerprint density at radius 2 is 2.00 bits per heavy atom. The summed E-state index contributed by atoms with van der Waals surface area (Å²) < 4.78 is 37.0. The minimum absolute atomic E-state index is 0.0776. The molecule has 0 aromatic heterocycles. The van der Waals surface area contributed by atoms with E-state index in [-0.39, 0.29) is 6.79 Å². The molecule has 1 aromatic rings. The summed E-state index contributed by atoms with van der Waals surface area (Å²) >= 11 is 12.0. The van der Waals surface area contributed by atoms with Crippen LogP contribution in [0.15, 0.2) is 18.2 Å². The van der Waals surface area contributed by atoms with Gasteiger partial charge in [0.05, 0.1) is 0 Å². The van der Waals surface area contributed by atoms with Gasteiger partial charge in [-0.2, -0.15) is 8.42 Å². The van der Waals surface area contributed by atoms with Crippen molar-refractivity contribution in [2.45, 2.75) is 19.1 Å². The van der Waals surface area contributed by atoms with Gasteiger partial charge in [-0.25, -0.2) is 5.14 Å². The normalized spacial score (nSPS) is 15.1. The van der Waals surface area contributed by atoms with E-state index >= 15 is 0 Å². The van der Waals surface area contributed by atoms with Gasteiger partial charge >= 0.3 is 10.3 Å². The van der Waals surface area contributed by atoms with Crippen LogP contribution in [-0.2, 0) is 24.0 Å². The molecule has 0 heterocycles. The summed E-state index contributed by atoms with van der Waals surface area (Å²) in [5.41, 5.74) is 0.479. The van der Waals surface area contributed by atoms with Gasteiger partial charge in [-0.1, -0.05) is 23.2 Å². The minimum atomic E-state index is -4.12. The Morgan fingerprint density at radius 3 is 2.55 bits per heavy atom. The molecule has 0 fully saturated rings. The molecule has 0 bridgehead atoms. The molecule has 114 valence electrons. The minimum Gasteiger partial charge on any atom is -0.359 e. The second kappa shape index (κ2) is 7.56. The quantitative estimate of drug-likeness (QED) is 0.767. The predicted molar refractivity (Wildman–Crippen MR) is 75.8 cm³/mol. The van der Waals surface area contributed by atoms with Crippen molar-refractivity contribution in [1.29, 1.82) is 0 Å². The van der Waals surface area contributed by atoms with Gasteiger partial charge in [0.25, 0.3) is 0 Å². The summed E-state index contributed by atoms with van der Waals surface area (Å²) in [6.07, 6.45) is -1.71. The first-order chi connectivity index (χ1) is 9.24. The number of hydrogen-bond donors (Lipinski definition) is 1. The Kier molecular flexibility index (Phi) is 6.67. The summed E-state index contributed by atoms with van der Waals surface area (Å²) in [7, 11) is -2.69. The first-order valence-electron chi connectivity index (χ1n) is 5.51. The third-order valence-electron chi connectivity index (χ3n) is 2.34. The third-order valence-corrected chi connectivity index (χ3v) is 3.49. The molecule has 9 heteroatoms. The molecule has 1 aromatic carbocycles. The standard InChI is InChI=1S/C11H15Cl2NO5S/c1-7(19-20(14,15)16)11(18-6-17-2)9-5-8(12)3-4-10(9)13/h3-5,7,11H,6H2,1-2H3,(H2,14,15,16)/t7-,11+/m1/s1. The van der Waals surface area contributed by atoms with Gasteiger partial charge in [-0.3, -0.25) is 4.18 Å². The van der Waals surface area contributed by atoms with E-state index in [1.165, 1.54) is 14.0 Å². The Labute approximate surface area is 128 Å². The van der Waals surface area contributed by atoms with Crippen LogP contribution in [0.4, 0.5) is 0 Å². The number of benzene rings is 1. The van der Waals surface area contributed by atoms with Crippen LogP contribution in [0.25, 0.3) is 0 Å². The van der Waals surface area contributed by atoms with Crippen molar-refractivity contribution in [3.05, 3.63) is 33.8 Å². The summed E-state index contributed by atoms with van der Waals surface area (Å²) in [6, 6.07) is 4.74. The average Bonchev–Trinajstić information content (AvgIpc) is 2.31. The molecule has 2 N–H and O–H groups in total. The molecule has 0 aliphatic heterocycles. The van der Waals surface area contributed by atoms with Crippen molar-refractivity contribution >= 4 is 33.5 Å². The molecular weight excluding hydrogens is 329 g/mol. The highest BCUT2D eigenvalue weighted by Gasteiger charge is 2.26. The van der Waals surface area contributed by atoms with Crippen LogP contribution in [-0.4, -0.2) is 28.4 Å². The number of methoxy groups -OCH3 is 1. The summed E-state index contributed by atoms with van der Waals surface area (Å²) in [6.45, 7) is 1.41. The van der Waals surface area contributed by atoms with Gasteiger partial charge in [0.15, 0.2) is 0 Å². The second-order valence-corrected chi connectivity index (χ2v) is 5.98. The van der Waals surface area contributed by atoms with Gasteiger partial charge in [0, 0.05) is 22.7 Å². The molecule has 0 spiro atoms. The molecular formula is C11H15Cl2NO5S. The van der Waals surface area contributed by atoms with E-state index in [0.717, 1.165) is 0 Å². The molecule has 0 aliphatic carbocycles. The van der Waals surface area contributed by atoms with E-state index in [2.05, 4.69) is 0 Å². The molecule has 0 unspecified atom stereocenters. The number of hydrogen-bond acceptors (Lipinski definition) is 5. The fraction of sp³-hybridized carbons (Fsp3) is 0.455. The van der Waals surface area contributed by atoms with Crippen molar-refractivity contribution in [3.63, 3.8) is 0 Å². The lowest BCUT2D eigenvalue weighted by atomic mass is 10.1. The molecule has 2 atom stereocenters. The van der Waals surface area contributed by atoms with Crippen molar-refractivity contribution < 1.29 is 22.1 Å². The highest BCUT2D eigenvalue weighted by atomic mass is 35.5. The van der Waals surface area contributed by atoms with E-state index in [1.54, 1.807) is 18.2 Å². The van der Waals surface area contributed by atoms with Gasteiger partial charge in [0.2, 0.25) is 0 Å². The maximum Gasteiger partial charge on any atom is 0.333 e. The number of nitrogens with two attached hydrogens (primary N) is 1. The molecule has 0 radical (unpaired) electrons. The highest BCUT2D eigenvalue weighted by molar-refractivity contribution is 7.84. The van der Waals surface area contributed by atoms with Gasteiger partial charge in [-0.05, 0) is 25.1 Å². The Balaban J connectivity index is 3.07. The molecule has 6 nitrogen and oxygen atoms in total. The van der Waals surface area contributed by atoms with E-state index in [1.807, 2.05) is 0 Å². The molecule has 0 amide bonds. The van der Waals surface area contributed by atoms with E-state index in [4.69, 9.17) is 42.0 Å². The summed E-state index contributed by atoms with van der Waals surface area (Å²) in [5, 5.41) is 5.64. The van der Waals surface area contributed by atoms with Crippen molar-refractivity contribution in [1.82, 2.24) is 0 Å². The molecule has 0 saturated carbocycles.